The number of halogens is 4. The van der Waals surface area contributed by atoms with Crippen LogP contribution in [0.4, 0.5) is 13.2 Å². The van der Waals surface area contributed by atoms with Gasteiger partial charge >= 0.3 is 12.1 Å². The van der Waals surface area contributed by atoms with Gasteiger partial charge in [0.05, 0.1) is 19.8 Å². The summed E-state index contributed by atoms with van der Waals surface area (Å²) in [5.41, 5.74) is 10.7. The molecule has 0 spiro atoms. The second-order valence-electron chi connectivity index (χ2n) is 6.31. The van der Waals surface area contributed by atoms with Gasteiger partial charge in [0.2, 0.25) is 5.96 Å². The molecule has 0 unspecified atom stereocenters. The molecule has 11 nitrogen and oxygen atoms in total. The summed E-state index contributed by atoms with van der Waals surface area (Å²) < 4.78 is 47.5. The van der Waals surface area contributed by atoms with Gasteiger partial charge in [-0.15, -0.1) is 0 Å². The molecule has 0 bridgehead atoms. The molecule has 1 aromatic rings. The average Bonchev–Trinajstić information content (AvgIpc) is 2.75. The smallest absolute Gasteiger partial charge is 0.490 e. The maximum Gasteiger partial charge on any atom is 0.490 e. The fraction of sp³-hybridized carbons (Fsp3) is 0.526. The zero-order chi connectivity index (χ0) is 26.1. The van der Waals surface area contributed by atoms with Crippen LogP contribution in [-0.2, 0) is 19.1 Å². The highest BCUT2D eigenvalue weighted by Crippen LogP contribution is 2.22. The SMILES string of the molecule is COCCN(CCOC)C(=O)c1cc(Cl)cc(OCCCON=C(N)N)c1.O=C(O)C(F)(F)F. The van der Waals surface area contributed by atoms with Crippen LogP contribution in [0, 0.1) is 0 Å². The molecule has 0 fully saturated rings. The molecule has 0 aliphatic heterocycles. The standard InChI is InChI=1S/C17H27ClN4O5.C2HF3O2/c1-24-8-4-22(5-9-25-2)16(23)13-10-14(18)12-15(11-13)26-6-3-7-27-21-17(19)20;3-2(4,5)1(6)7/h10-12H,3-9H2,1-2H3,(H4,19,20,21);(H,6,7). The van der Waals surface area contributed by atoms with Crippen LogP contribution in [0.2, 0.25) is 5.02 Å². The van der Waals surface area contributed by atoms with E-state index in [9.17, 15) is 18.0 Å². The fourth-order valence-corrected chi connectivity index (χ4v) is 2.33. The maximum absolute atomic E-state index is 12.8. The number of carboxylic acids is 1. The van der Waals surface area contributed by atoms with Gasteiger partial charge in [0.1, 0.15) is 12.4 Å². The van der Waals surface area contributed by atoms with E-state index in [1.54, 1.807) is 37.3 Å². The van der Waals surface area contributed by atoms with Gasteiger partial charge in [-0.1, -0.05) is 11.6 Å². The predicted octanol–water partition coefficient (Wildman–Crippen LogP) is 1.68. The number of nitrogens with two attached hydrogens (primary N) is 2. The van der Waals surface area contributed by atoms with Crippen molar-refractivity contribution in [3.63, 3.8) is 0 Å². The molecule has 0 saturated heterocycles. The van der Waals surface area contributed by atoms with E-state index in [-0.39, 0.29) is 11.9 Å². The number of nitrogens with zero attached hydrogens (tertiary/aromatic N) is 2. The van der Waals surface area contributed by atoms with Crippen LogP contribution >= 0.6 is 11.6 Å². The first kappa shape index (κ1) is 31.0. The normalized spacial score (nSPS) is 10.5. The second-order valence-corrected chi connectivity index (χ2v) is 6.74. The van der Waals surface area contributed by atoms with Crippen molar-refractivity contribution < 1.29 is 46.9 Å². The number of carbonyl (C=O) groups is 2. The minimum Gasteiger partial charge on any atom is -0.493 e. The summed E-state index contributed by atoms with van der Waals surface area (Å²) in [5, 5.41) is 10.9. The molecule has 1 rings (SSSR count). The highest BCUT2D eigenvalue weighted by molar-refractivity contribution is 6.31. The molecule has 34 heavy (non-hydrogen) atoms. The number of aliphatic carboxylic acids is 1. The molecule has 15 heteroatoms. The Hall–Kier alpha value is -2.97. The lowest BCUT2D eigenvalue weighted by molar-refractivity contribution is -0.192. The monoisotopic (exact) mass is 516 g/mol. The number of hydrogen-bond donors (Lipinski definition) is 3. The topological polar surface area (TPSA) is 159 Å². The lowest BCUT2D eigenvalue weighted by Crippen LogP contribution is -2.36. The van der Waals surface area contributed by atoms with Crippen LogP contribution in [0.15, 0.2) is 23.4 Å². The van der Waals surface area contributed by atoms with E-state index in [0.29, 0.717) is 62.3 Å². The lowest BCUT2D eigenvalue weighted by Gasteiger charge is -2.22. The fourth-order valence-electron chi connectivity index (χ4n) is 2.10. The van der Waals surface area contributed by atoms with Crippen molar-refractivity contribution in [2.45, 2.75) is 12.6 Å². The van der Waals surface area contributed by atoms with E-state index in [4.69, 9.17) is 52.0 Å². The van der Waals surface area contributed by atoms with Gasteiger partial charge in [0.25, 0.3) is 5.91 Å². The first-order valence-electron chi connectivity index (χ1n) is 9.63. The van der Waals surface area contributed by atoms with Crippen LogP contribution < -0.4 is 16.2 Å². The summed E-state index contributed by atoms with van der Waals surface area (Å²) in [5.74, 6) is -2.58. The number of rotatable bonds is 13. The summed E-state index contributed by atoms with van der Waals surface area (Å²) >= 11 is 6.13. The third-order valence-electron chi connectivity index (χ3n) is 3.60. The van der Waals surface area contributed by atoms with Gasteiger partial charge < -0.3 is 40.5 Å². The van der Waals surface area contributed by atoms with Crippen LogP contribution in [0.3, 0.4) is 0 Å². The van der Waals surface area contributed by atoms with Crippen LogP contribution in [0.25, 0.3) is 0 Å². The van der Waals surface area contributed by atoms with Crippen molar-refractivity contribution in [2.75, 3.05) is 53.7 Å². The lowest BCUT2D eigenvalue weighted by atomic mass is 10.2. The Morgan fingerprint density at radius 1 is 1.06 bits per heavy atom. The number of carboxylic acid groups (broad SMARTS) is 1. The molecule has 1 aromatic carbocycles. The Labute approximate surface area is 199 Å². The van der Waals surface area contributed by atoms with Crippen molar-refractivity contribution in [3.05, 3.63) is 28.8 Å². The van der Waals surface area contributed by atoms with Gasteiger partial charge in [-0.05, 0) is 23.4 Å². The largest absolute Gasteiger partial charge is 0.493 e. The van der Waals surface area contributed by atoms with Crippen LogP contribution in [-0.4, -0.2) is 87.8 Å². The molecule has 0 aliphatic rings. The summed E-state index contributed by atoms with van der Waals surface area (Å²) in [6.45, 7) is 2.40. The number of alkyl halides is 3. The number of guanidine groups is 1. The van der Waals surface area contributed by atoms with Gasteiger partial charge in [0.15, 0.2) is 0 Å². The minimum atomic E-state index is -5.08. The number of benzene rings is 1. The molecular formula is C19H28ClF3N4O7. The van der Waals surface area contributed by atoms with E-state index in [0.717, 1.165) is 0 Å². The number of amides is 1. The van der Waals surface area contributed by atoms with E-state index >= 15 is 0 Å². The highest BCUT2D eigenvalue weighted by atomic mass is 35.5. The zero-order valence-electron chi connectivity index (χ0n) is 18.6. The van der Waals surface area contributed by atoms with Crippen LogP contribution in [0.1, 0.15) is 16.8 Å². The third kappa shape index (κ3) is 14.2. The number of hydrogen-bond acceptors (Lipinski definition) is 7. The first-order chi connectivity index (χ1) is 15.9. The maximum atomic E-state index is 12.8. The van der Waals surface area contributed by atoms with Gasteiger partial charge in [-0.25, -0.2) is 4.79 Å². The van der Waals surface area contributed by atoms with E-state index < -0.39 is 12.1 Å². The minimum absolute atomic E-state index is 0.139. The first-order valence-corrected chi connectivity index (χ1v) is 10.0. The molecular weight excluding hydrogens is 489 g/mol. The molecule has 0 atom stereocenters. The van der Waals surface area contributed by atoms with Crippen molar-refractivity contribution in [3.8, 4) is 5.75 Å². The van der Waals surface area contributed by atoms with Crippen LogP contribution in [0.5, 0.6) is 5.75 Å². The molecule has 0 heterocycles. The molecule has 5 N–H and O–H groups in total. The van der Waals surface area contributed by atoms with Crippen molar-refractivity contribution in [1.82, 2.24) is 4.90 Å². The molecule has 0 radical (unpaired) electrons. The predicted molar refractivity (Wildman–Crippen MR) is 117 cm³/mol. The molecule has 0 aliphatic carbocycles. The van der Waals surface area contributed by atoms with Gasteiger partial charge in [-0.2, -0.15) is 13.2 Å². The van der Waals surface area contributed by atoms with E-state index in [2.05, 4.69) is 5.16 Å². The van der Waals surface area contributed by atoms with E-state index in [1.165, 1.54) is 0 Å². The van der Waals surface area contributed by atoms with E-state index in [1.807, 2.05) is 0 Å². The Morgan fingerprint density at radius 3 is 2.09 bits per heavy atom. The number of methoxy groups -OCH3 is 2. The summed E-state index contributed by atoms with van der Waals surface area (Å²) in [7, 11) is 3.17. The Bertz CT molecular complexity index is 786. The summed E-state index contributed by atoms with van der Waals surface area (Å²) in [6, 6.07) is 4.90. The molecule has 1 amide bonds. The second kappa shape index (κ2) is 16.6. The Balaban J connectivity index is 0.00000135. The average molecular weight is 517 g/mol. The number of carbonyl (C=O) groups excluding carboxylic acids is 1. The Morgan fingerprint density at radius 2 is 1.62 bits per heavy atom. The van der Waals surface area contributed by atoms with Gasteiger partial charge in [-0.3, -0.25) is 4.79 Å². The van der Waals surface area contributed by atoms with Crippen molar-refractivity contribution in [2.24, 2.45) is 16.6 Å². The Kier molecular flexibility index (Phi) is 15.2. The van der Waals surface area contributed by atoms with Gasteiger partial charge in [0, 0.05) is 44.3 Å². The highest BCUT2D eigenvalue weighted by Gasteiger charge is 2.38. The quantitative estimate of drug-likeness (QED) is 0.153. The molecule has 194 valence electrons. The van der Waals surface area contributed by atoms with Crippen molar-refractivity contribution >= 4 is 29.4 Å². The zero-order valence-corrected chi connectivity index (χ0v) is 19.4. The molecule has 0 saturated carbocycles. The number of oxime groups is 1. The summed E-state index contributed by atoms with van der Waals surface area (Å²) in [6.07, 6.45) is -4.53. The summed E-state index contributed by atoms with van der Waals surface area (Å²) in [4.78, 5) is 28.2. The van der Waals surface area contributed by atoms with Crippen molar-refractivity contribution in [1.29, 1.82) is 0 Å². The number of ether oxygens (including phenoxy) is 3. The third-order valence-corrected chi connectivity index (χ3v) is 3.82. The molecule has 0 aromatic heterocycles.